The first-order chi connectivity index (χ1) is 17.2. The molecule has 3 aromatic carbocycles. The molecule has 0 saturated heterocycles. The third kappa shape index (κ3) is 6.08. The number of anilines is 4. The maximum absolute atomic E-state index is 13.1. The molecule has 0 atom stereocenters. The number of aromatic nitrogens is 2. The number of nitrogens with one attached hydrogen (secondary N) is 3. The Bertz CT molecular complexity index is 1470. The van der Waals surface area contributed by atoms with Crippen LogP contribution in [0.1, 0.15) is 5.56 Å². The molecule has 0 saturated carbocycles. The summed E-state index contributed by atoms with van der Waals surface area (Å²) in [5.41, 5.74) is 1.70. The fraction of sp³-hybridized carbons (Fsp3) is 0.0400. The van der Waals surface area contributed by atoms with Crippen molar-refractivity contribution in [3.05, 3.63) is 101 Å². The molecule has 4 aromatic rings. The molecule has 2 amide bonds. The number of amides is 2. The molecule has 180 valence electrons. The second kappa shape index (κ2) is 10.3. The van der Waals surface area contributed by atoms with Crippen LogP contribution in [0.25, 0.3) is 16.1 Å². The van der Waals surface area contributed by atoms with Crippen LogP contribution in [0.15, 0.2) is 79.0 Å². The zero-order chi connectivity index (χ0) is 25.7. The summed E-state index contributed by atoms with van der Waals surface area (Å²) in [4.78, 5) is 24.4. The largest absolute Gasteiger partial charge is 0.417 e. The normalized spacial score (nSPS) is 10.9. The van der Waals surface area contributed by atoms with Crippen molar-refractivity contribution in [1.29, 1.82) is 0 Å². The Labute approximate surface area is 208 Å². The van der Waals surface area contributed by atoms with Crippen molar-refractivity contribution in [2.45, 2.75) is 6.18 Å². The maximum Gasteiger partial charge on any atom is 0.417 e. The van der Waals surface area contributed by atoms with Crippen LogP contribution < -0.4 is 16.0 Å². The van der Waals surface area contributed by atoms with Crippen molar-refractivity contribution in [2.24, 2.45) is 0 Å². The summed E-state index contributed by atoms with van der Waals surface area (Å²) in [5, 5.41) is 7.51. The van der Waals surface area contributed by atoms with E-state index in [-0.39, 0.29) is 5.69 Å². The van der Waals surface area contributed by atoms with E-state index >= 15 is 0 Å². The van der Waals surface area contributed by atoms with Crippen LogP contribution in [0.2, 0.25) is 5.02 Å². The summed E-state index contributed by atoms with van der Waals surface area (Å²) in [6.07, 6.45) is -3.07. The molecule has 7 nitrogen and oxygen atoms in total. The van der Waals surface area contributed by atoms with Gasteiger partial charge in [0.1, 0.15) is 0 Å². The van der Waals surface area contributed by atoms with E-state index in [2.05, 4.69) is 30.8 Å². The average Bonchev–Trinajstić information content (AvgIpc) is 2.85. The number of alkyl halides is 3. The third-order valence-corrected chi connectivity index (χ3v) is 5.16. The van der Waals surface area contributed by atoms with Gasteiger partial charge in [0.15, 0.2) is 5.69 Å². The van der Waals surface area contributed by atoms with E-state index in [0.717, 1.165) is 17.7 Å². The predicted molar refractivity (Wildman–Crippen MR) is 133 cm³/mol. The fourth-order valence-corrected chi connectivity index (χ4v) is 3.46. The molecule has 0 radical (unpaired) electrons. The van der Waals surface area contributed by atoms with Gasteiger partial charge in [-0.25, -0.2) is 19.6 Å². The highest BCUT2D eigenvalue weighted by atomic mass is 35.5. The highest BCUT2D eigenvalue weighted by molar-refractivity contribution is 6.31. The molecule has 1 heterocycles. The SMILES string of the molecule is [C-]#[N+]c1cccc(-c2ccnc(Nc3cccc(NC(=O)Nc4ccc(Cl)c(C(F)(F)F)c4)c3)n2)c1. The van der Waals surface area contributed by atoms with Gasteiger partial charge in [-0.05, 0) is 54.1 Å². The van der Waals surface area contributed by atoms with E-state index in [1.165, 1.54) is 6.07 Å². The lowest BCUT2D eigenvalue weighted by Gasteiger charge is -2.13. The van der Waals surface area contributed by atoms with Crippen molar-refractivity contribution < 1.29 is 18.0 Å². The van der Waals surface area contributed by atoms with Gasteiger partial charge < -0.3 is 16.0 Å². The van der Waals surface area contributed by atoms with Crippen LogP contribution in [0.4, 0.5) is 46.7 Å². The molecule has 3 N–H and O–H groups in total. The minimum Gasteiger partial charge on any atom is -0.324 e. The molecular weight excluding hydrogens is 493 g/mol. The molecular formula is C25H16ClF3N6O. The van der Waals surface area contributed by atoms with Crippen molar-refractivity contribution in [3.63, 3.8) is 0 Å². The van der Waals surface area contributed by atoms with Crippen molar-refractivity contribution in [2.75, 3.05) is 16.0 Å². The first-order valence-corrected chi connectivity index (χ1v) is 10.7. The first kappa shape index (κ1) is 24.5. The molecule has 0 aliphatic rings. The van der Waals surface area contributed by atoms with E-state index in [0.29, 0.717) is 28.7 Å². The van der Waals surface area contributed by atoms with Gasteiger partial charge in [-0.15, -0.1) is 0 Å². The number of nitrogens with zero attached hydrogens (tertiary/aromatic N) is 3. The van der Waals surface area contributed by atoms with Crippen LogP contribution in [0, 0.1) is 6.57 Å². The molecule has 0 aliphatic carbocycles. The summed E-state index contributed by atoms with van der Waals surface area (Å²) in [6, 6.07) is 17.7. The van der Waals surface area contributed by atoms with Gasteiger partial charge in [-0.1, -0.05) is 35.9 Å². The van der Waals surface area contributed by atoms with E-state index < -0.39 is 22.8 Å². The van der Waals surface area contributed by atoms with E-state index in [1.807, 2.05) is 6.07 Å². The Balaban J connectivity index is 1.45. The summed E-state index contributed by atoms with van der Waals surface area (Å²) in [6.45, 7) is 7.16. The minimum atomic E-state index is -4.65. The van der Waals surface area contributed by atoms with Gasteiger partial charge in [0.2, 0.25) is 5.95 Å². The number of benzene rings is 3. The lowest BCUT2D eigenvalue weighted by atomic mass is 10.1. The number of urea groups is 1. The molecule has 0 fully saturated rings. The zero-order valence-corrected chi connectivity index (χ0v) is 19.0. The van der Waals surface area contributed by atoms with Gasteiger partial charge in [0.25, 0.3) is 0 Å². The molecule has 0 unspecified atom stereocenters. The average molecular weight is 509 g/mol. The summed E-state index contributed by atoms with van der Waals surface area (Å²) < 4.78 is 39.2. The Kier molecular flexibility index (Phi) is 7.03. The number of rotatable bonds is 5. The predicted octanol–water partition coefficient (Wildman–Crippen LogP) is 7.75. The van der Waals surface area contributed by atoms with E-state index in [1.54, 1.807) is 54.7 Å². The Hall–Kier alpha value is -4.62. The maximum atomic E-state index is 13.1. The van der Waals surface area contributed by atoms with Crippen molar-refractivity contribution in [3.8, 4) is 11.3 Å². The van der Waals surface area contributed by atoms with Gasteiger partial charge in [-0.2, -0.15) is 13.2 Å². The van der Waals surface area contributed by atoms with Crippen LogP contribution in [-0.4, -0.2) is 16.0 Å². The molecule has 4 rings (SSSR count). The fourth-order valence-electron chi connectivity index (χ4n) is 3.23. The second-order valence-electron chi connectivity index (χ2n) is 7.40. The van der Waals surface area contributed by atoms with Crippen LogP contribution in [-0.2, 0) is 6.18 Å². The zero-order valence-electron chi connectivity index (χ0n) is 18.3. The van der Waals surface area contributed by atoms with Gasteiger partial charge >= 0.3 is 12.2 Å². The number of carbonyl (C=O) groups is 1. The minimum absolute atomic E-state index is 0.0639. The van der Waals surface area contributed by atoms with Crippen molar-refractivity contribution in [1.82, 2.24) is 9.97 Å². The Morgan fingerprint density at radius 1 is 0.917 bits per heavy atom. The molecule has 0 spiro atoms. The van der Waals surface area contributed by atoms with Crippen LogP contribution in [0.3, 0.4) is 0 Å². The summed E-state index contributed by atoms with van der Waals surface area (Å²) >= 11 is 5.61. The Morgan fingerprint density at radius 3 is 2.39 bits per heavy atom. The quantitative estimate of drug-likeness (QED) is 0.241. The topological polar surface area (TPSA) is 83.3 Å². The van der Waals surface area contributed by atoms with Gasteiger partial charge in [0.05, 0.1) is 22.9 Å². The number of hydrogen-bond donors (Lipinski definition) is 3. The van der Waals surface area contributed by atoms with E-state index in [4.69, 9.17) is 18.2 Å². The number of hydrogen-bond acceptors (Lipinski definition) is 4. The summed E-state index contributed by atoms with van der Waals surface area (Å²) in [5.74, 6) is 0.295. The van der Waals surface area contributed by atoms with Crippen LogP contribution >= 0.6 is 11.6 Å². The molecule has 0 bridgehead atoms. The van der Waals surface area contributed by atoms with Gasteiger partial charge in [0, 0.05) is 23.3 Å². The smallest absolute Gasteiger partial charge is 0.324 e. The highest BCUT2D eigenvalue weighted by Gasteiger charge is 2.33. The molecule has 36 heavy (non-hydrogen) atoms. The van der Waals surface area contributed by atoms with Gasteiger partial charge in [-0.3, -0.25) is 0 Å². The standard InChI is InChI=1S/C25H16ClF3N6O/c1-30-16-5-2-4-15(12-16)22-10-11-31-23(35-22)32-17-6-3-7-18(13-17)33-24(36)34-19-8-9-21(26)20(14-19)25(27,28)29/h2-14H,(H,31,32,35)(H2,33,34,36). The Morgan fingerprint density at radius 2 is 1.64 bits per heavy atom. The van der Waals surface area contributed by atoms with E-state index in [9.17, 15) is 18.0 Å². The number of halogens is 4. The highest BCUT2D eigenvalue weighted by Crippen LogP contribution is 2.36. The molecule has 1 aromatic heterocycles. The van der Waals surface area contributed by atoms with Crippen LogP contribution in [0.5, 0.6) is 0 Å². The molecule has 11 heteroatoms. The monoisotopic (exact) mass is 508 g/mol. The lowest BCUT2D eigenvalue weighted by molar-refractivity contribution is -0.137. The third-order valence-electron chi connectivity index (χ3n) is 4.83. The number of carbonyl (C=O) groups excluding carboxylic acids is 1. The second-order valence-corrected chi connectivity index (χ2v) is 7.81. The molecule has 0 aliphatic heterocycles. The first-order valence-electron chi connectivity index (χ1n) is 10.3. The summed E-state index contributed by atoms with van der Waals surface area (Å²) in [7, 11) is 0. The van der Waals surface area contributed by atoms with Crippen molar-refractivity contribution >= 4 is 46.3 Å². The lowest BCUT2D eigenvalue weighted by Crippen LogP contribution is -2.20.